The minimum atomic E-state index is -3.37. The van der Waals surface area contributed by atoms with Gasteiger partial charge in [0.05, 0.1) is 10.1 Å². The van der Waals surface area contributed by atoms with Gasteiger partial charge >= 0.3 is 0 Å². The van der Waals surface area contributed by atoms with E-state index in [1.54, 1.807) is 53.4 Å². The minimum absolute atomic E-state index is 0.0645. The second-order valence-electron chi connectivity index (χ2n) is 8.54. The third-order valence-corrected chi connectivity index (χ3v) is 8.93. The van der Waals surface area contributed by atoms with Gasteiger partial charge in [0.25, 0.3) is 5.91 Å². The summed E-state index contributed by atoms with van der Waals surface area (Å²) in [6.45, 7) is 0.991. The first kappa shape index (κ1) is 22.8. The number of likely N-dealkylation sites (tertiary alicyclic amines) is 1. The van der Waals surface area contributed by atoms with Crippen LogP contribution in [0.2, 0.25) is 5.02 Å². The molecule has 2 aliphatic rings. The van der Waals surface area contributed by atoms with Crippen molar-refractivity contribution in [3.05, 3.63) is 59.1 Å². The molecular weight excluding hydrogens is 448 g/mol. The summed E-state index contributed by atoms with van der Waals surface area (Å²) < 4.78 is 25.7. The summed E-state index contributed by atoms with van der Waals surface area (Å²) in [6, 6.07) is 13.3. The number of halogens is 1. The molecule has 2 amide bonds. The molecule has 0 unspecified atom stereocenters. The summed E-state index contributed by atoms with van der Waals surface area (Å²) >= 11 is 5.89. The summed E-state index contributed by atoms with van der Waals surface area (Å²) in [5.41, 5.74) is 1.08. The molecule has 8 heteroatoms. The number of carbonyl (C=O) groups is 2. The molecule has 1 saturated carbocycles. The van der Waals surface area contributed by atoms with E-state index in [1.165, 1.54) is 0 Å². The van der Waals surface area contributed by atoms with E-state index >= 15 is 0 Å². The van der Waals surface area contributed by atoms with Crippen molar-refractivity contribution < 1.29 is 18.0 Å². The Morgan fingerprint density at radius 2 is 1.59 bits per heavy atom. The van der Waals surface area contributed by atoms with Crippen LogP contribution < -0.4 is 5.32 Å². The van der Waals surface area contributed by atoms with E-state index in [0.29, 0.717) is 55.0 Å². The maximum Gasteiger partial charge on any atom is 0.253 e. The van der Waals surface area contributed by atoms with Crippen LogP contribution in [0.15, 0.2) is 53.4 Å². The van der Waals surface area contributed by atoms with Crippen LogP contribution in [0.25, 0.3) is 0 Å². The summed E-state index contributed by atoms with van der Waals surface area (Å²) in [5.74, 6) is -0.427. The largest absolute Gasteiger partial charge is 0.339 e. The van der Waals surface area contributed by atoms with E-state index in [9.17, 15) is 18.0 Å². The fourth-order valence-electron chi connectivity index (χ4n) is 4.51. The summed E-state index contributed by atoms with van der Waals surface area (Å²) in [4.78, 5) is 27.5. The van der Waals surface area contributed by atoms with Crippen LogP contribution in [0.5, 0.6) is 0 Å². The highest BCUT2D eigenvalue weighted by atomic mass is 35.5. The van der Waals surface area contributed by atoms with Crippen LogP contribution in [0.4, 0.5) is 5.69 Å². The molecule has 1 aliphatic carbocycles. The Hall–Kier alpha value is -2.38. The van der Waals surface area contributed by atoms with Crippen LogP contribution in [0.1, 0.15) is 48.9 Å². The number of piperidine rings is 1. The van der Waals surface area contributed by atoms with E-state index in [4.69, 9.17) is 11.6 Å². The Kier molecular flexibility index (Phi) is 6.86. The van der Waals surface area contributed by atoms with Gasteiger partial charge in [0, 0.05) is 35.3 Å². The molecule has 0 radical (unpaired) electrons. The zero-order chi connectivity index (χ0) is 22.7. The Morgan fingerprint density at radius 3 is 2.25 bits per heavy atom. The number of anilines is 1. The molecule has 1 heterocycles. The molecule has 2 aromatic rings. The zero-order valence-electron chi connectivity index (χ0n) is 17.8. The van der Waals surface area contributed by atoms with Gasteiger partial charge in [-0.05, 0) is 68.1 Å². The highest BCUT2D eigenvalue weighted by molar-refractivity contribution is 7.92. The van der Waals surface area contributed by atoms with E-state index < -0.39 is 9.84 Å². The van der Waals surface area contributed by atoms with Crippen LogP contribution in [-0.4, -0.2) is 43.5 Å². The number of hydrogen-bond donors (Lipinski definition) is 1. The van der Waals surface area contributed by atoms with Gasteiger partial charge in [0.1, 0.15) is 0 Å². The van der Waals surface area contributed by atoms with Crippen LogP contribution in [0, 0.1) is 5.92 Å². The molecule has 4 rings (SSSR count). The van der Waals surface area contributed by atoms with Crippen molar-refractivity contribution in [1.82, 2.24) is 4.90 Å². The summed E-state index contributed by atoms with van der Waals surface area (Å²) in [5, 5.41) is 3.13. The quantitative estimate of drug-likeness (QED) is 0.689. The number of sulfone groups is 1. The number of nitrogens with zero attached hydrogens (tertiary/aromatic N) is 1. The number of benzene rings is 2. The van der Waals surface area contributed by atoms with Gasteiger partial charge in [-0.2, -0.15) is 0 Å². The molecule has 0 spiro atoms. The van der Waals surface area contributed by atoms with Gasteiger partial charge < -0.3 is 10.2 Å². The van der Waals surface area contributed by atoms with Crippen LogP contribution >= 0.6 is 11.6 Å². The number of nitrogens with one attached hydrogen (secondary N) is 1. The van der Waals surface area contributed by atoms with Crippen molar-refractivity contribution in [2.24, 2.45) is 5.92 Å². The van der Waals surface area contributed by atoms with Crippen molar-refractivity contribution in [2.75, 3.05) is 18.4 Å². The van der Waals surface area contributed by atoms with Gasteiger partial charge in [0.2, 0.25) is 5.91 Å². The fourth-order valence-corrected chi connectivity index (χ4v) is 6.53. The highest BCUT2D eigenvalue weighted by Crippen LogP contribution is 2.31. The first-order valence-electron chi connectivity index (χ1n) is 11.0. The average Bonchev–Trinajstić information content (AvgIpc) is 3.35. The van der Waals surface area contributed by atoms with Crippen molar-refractivity contribution in [1.29, 1.82) is 0 Å². The topological polar surface area (TPSA) is 83.6 Å². The van der Waals surface area contributed by atoms with Gasteiger partial charge in [-0.15, -0.1) is 0 Å². The molecule has 1 saturated heterocycles. The molecule has 2 fully saturated rings. The molecule has 6 nitrogen and oxygen atoms in total. The van der Waals surface area contributed by atoms with Crippen molar-refractivity contribution >= 4 is 38.9 Å². The third kappa shape index (κ3) is 4.99. The summed E-state index contributed by atoms with van der Waals surface area (Å²) in [7, 11) is -3.37. The lowest BCUT2D eigenvalue weighted by Gasteiger charge is -2.31. The lowest BCUT2D eigenvalue weighted by molar-refractivity contribution is -0.121. The molecule has 170 valence electrons. The van der Waals surface area contributed by atoms with Gasteiger partial charge in [-0.3, -0.25) is 9.59 Å². The summed E-state index contributed by atoms with van der Waals surface area (Å²) in [6.07, 6.45) is 4.41. The second-order valence-corrected chi connectivity index (χ2v) is 11.2. The average molecular weight is 475 g/mol. The zero-order valence-corrected chi connectivity index (χ0v) is 19.4. The second kappa shape index (κ2) is 9.63. The molecule has 1 aliphatic heterocycles. The Balaban J connectivity index is 1.35. The maximum absolute atomic E-state index is 12.9. The first-order valence-corrected chi connectivity index (χ1v) is 13.0. The number of rotatable bonds is 5. The molecule has 0 aromatic heterocycles. The van der Waals surface area contributed by atoms with Gasteiger partial charge in [-0.1, -0.05) is 30.5 Å². The lowest BCUT2D eigenvalue weighted by atomic mass is 9.95. The monoisotopic (exact) mass is 474 g/mol. The smallest absolute Gasteiger partial charge is 0.253 e. The van der Waals surface area contributed by atoms with Crippen molar-refractivity contribution in [2.45, 2.75) is 48.7 Å². The fraction of sp³-hybridized carbons (Fsp3) is 0.417. The maximum atomic E-state index is 12.9. The lowest BCUT2D eigenvalue weighted by Crippen LogP contribution is -2.41. The van der Waals surface area contributed by atoms with Crippen molar-refractivity contribution in [3.63, 3.8) is 0 Å². The Morgan fingerprint density at radius 1 is 0.938 bits per heavy atom. The highest BCUT2D eigenvalue weighted by Gasteiger charge is 2.31. The van der Waals surface area contributed by atoms with E-state index in [-0.39, 0.29) is 27.9 Å². The van der Waals surface area contributed by atoms with Gasteiger partial charge in [-0.25, -0.2) is 8.42 Å². The Labute approximate surface area is 193 Å². The number of hydrogen-bond acceptors (Lipinski definition) is 4. The normalized spacial score (nSPS) is 18.0. The third-order valence-electron chi connectivity index (χ3n) is 6.42. The minimum Gasteiger partial charge on any atom is -0.339 e. The molecule has 0 bridgehead atoms. The first-order chi connectivity index (χ1) is 15.3. The predicted molar refractivity (Wildman–Crippen MR) is 125 cm³/mol. The van der Waals surface area contributed by atoms with Crippen molar-refractivity contribution in [3.8, 4) is 0 Å². The van der Waals surface area contributed by atoms with E-state index in [1.807, 2.05) is 0 Å². The Bertz CT molecular complexity index is 1090. The SMILES string of the molecule is O=C(Nc1cccc(S(=O)(=O)C2CCCC2)c1)C1CCN(C(=O)c2ccc(Cl)cc2)CC1. The molecule has 32 heavy (non-hydrogen) atoms. The molecule has 1 N–H and O–H groups in total. The van der Waals surface area contributed by atoms with E-state index in [2.05, 4.69) is 5.32 Å². The number of carbonyl (C=O) groups excluding carboxylic acids is 2. The molecular formula is C24H27ClN2O4S. The van der Waals surface area contributed by atoms with Crippen LogP contribution in [0.3, 0.4) is 0 Å². The van der Waals surface area contributed by atoms with E-state index in [0.717, 1.165) is 12.8 Å². The van der Waals surface area contributed by atoms with Gasteiger partial charge in [0.15, 0.2) is 9.84 Å². The standard InChI is InChI=1S/C24H27ClN2O4S/c25-19-10-8-18(9-11-19)24(29)27-14-12-17(13-15-27)23(28)26-20-4-3-7-22(16-20)32(30,31)21-5-1-2-6-21/h3-4,7-11,16-17,21H,1-2,5-6,12-15H2,(H,26,28). The number of amides is 2. The molecule has 2 aromatic carbocycles. The van der Waals surface area contributed by atoms with Crippen LogP contribution in [-0.2, 0) is 14.6 Å². The molecule has 0 atom stereocenters. The predicted octanol–water partition coefficient (Wildman–Crippen LogP) is 4.55.